The van der Waals surface area contributed by atoms with Crippen molar-refractivity contribution < 1.29 is 0 Å². The van der Waals surface area contributed by atoms with Crippen molar-refractivity contribution in [1.29, 1.82) is 0 Å². The Hall–Kier alpha value is -2.84. The lowest BCUT2D eigenvalue weighted by molar-refractivity contribution is 0.738. The van der Waals surface area contributed by atoms with Crippen molar-refractivity contribution in [3.63, 3.8) is 0 Å². The Morgan fingerprint density at radius 2 is 1.17 bits per heavy atom. The van der Waals surface area contributed by atoms with Gasteiger partial charge in [-0.2, -0.15) is 0 Å². The minimum atomic E-state index is 0.866. The van der Waals surface area contributed by atoms with Crippen LogP contribution in [0.4, 0.5) is 0 Å². The van der Waals surface area contributed by atoms with Gasteiger partial charge in [-0.3, -0.25) is 0 Å². The lowest BCUT2D eigenvalue weighted by Gasteiger charge is -2.08. The van der Waals surface area contributed by atoms with Crippen molar-refractivity contribution in [3.8, 4) is 22.3 Å². The highest BCUT2D eigenvalue weighted by molar-refractivity contribution is 5.74. The average Bonchev–Trinajstić information content (AvgIpc) is 3.18. The van der Waals surface area contributed by atoms with Crippen molar-refractivity contribution in [2.24, 2.45) is 0 Å². The third kappa shape index (κ3) is 2.89. The largest absolute Gasteiger partial charge is 0.321 e. The molecule has 1 aliphatic heterocycles. The SMILES string of the molecule is C1=C(c2cccc(-c3ccc(-c4ccccc4)cc3)c2)NNC1. The number of hydrazine groups is 1. The van der Waals surface area contributed by atoms with E-state index in [1.54, 1.807) is 0 Å². The fourth-order valence-corrected chi connectivity index (χ4v) is 2.89. The minimum Gasteiger partial charge on any atom is -0.321 e. The summed E-state index contributed by atoms with van der Waals surface area (Å²) in [7, 11) is 0. The van der Waals surface area contributed by atoms with Crippen LogP contribution >= 0.6 is 0 Å². The van der Waals surface area contributed by atoms with Gasteiger partial charge in [-0.1, -0.05) is 72.8 Å². The zero-order valence-corrected chi connectivity index (χ0v) is 12.8. The third-order valence-corrected chi connectivity index (χ3v) is 4.13. The van der Waals surface area contributed by atoms with E-state index in [1.165, 1.54) is 27.8 Å². The number of rotatable bonds is 3. The maximum atomic E-state index is 3.19. The van der Waals surface area contributed by atoms with Gasteiger partial charge in [0, 0.05) is 6.54 Å². The second-order valence-corrected chi connectivity index (χ2v) is 5.65. The van der Waals surface area contributed by atoms with Gasteiger partial charge in [0.05, 0.1) is 5.70 Å². The van der Waals surface area contributed by atoms with Gasteiger partial charge in [0.2, 0.25) is 0 Å². The summed E-state index contributed by atoms with van der Waals surface area (Å²) in [6.07, 6.45) is 2.16. The highest BCUT2D eigenvalue weighted by atomic mass is 15.4. The van der Waals surface area contributed by atoms with Crippen LogP contribution in [0.3, 0.4) is 0 Å². The molecule has 1 heterocycles. The molecule has 0 aliphatic carbocycles. The predicted molar refractivity (Wildman–Crippen MR) is 96.4 cm³/mol. The molecule has 2 N–H and O–H groups in total. The second-order valence-electron chi connectivity index (χ2n) is 5.65. The van der Waals surface area contributed by atoms with Crippen molar-refractivity contribution in [1.82, 2.24) is 10.9 Å². The van der Waals surface area contributed by atoms with Crippen LogP contribution in [0.5, 0.6) is 0 Å². The molecule has 3 aromatic carbocycles. The van der Waals surface area contributed by atoms with E-state index in [0.29, 0.717) is 0 Å². The van der Waals surface area contributed by atoms with Gasteiger partial charge in [0.15, 0.2) is 0 Å². The molecule has 0 amide bonds. The van der Waals surface area contributed by atoms with Crippen molar-refractivity contribution >= 4 is 5.70 Å². The molecule has 2 nitrogen and oxygen atoms in total. The molecular formula is C21H18N2. The van der Waals surface area contributed by atoms with Crippen LogP contribution in [-0.2, 0) is 0 Å². The average molecular weight is 298 g/mol. The quantitative estimate of drug-likeness (QED) is 0.745. The van der Waals surface area contributed by atoms with E-state index in [9.17, 15) is 0 Å². The molecule has 0 fully saturated rings. The van der Waals surface area contributed by atoms with Crippen molar-refractivity contribution in [3.05, 3.63) is 90.5 Å². The Morgan fingerprint density at radius 1 is 0.565 bits per heavy atom. The van der Waals surface area contributed by atoms with Gasteiger partial charge in [0.25, 0.3) is 0 Å². The first-order valence-electron chi connectivity index (χ1n) is 7.85. The van der Waals surface area contributed by atoms with Crippen LogP contribution < -0.4 is 10.9 Å². The zero-order valence-electron chi connectivity index (χ0n) is 12.8. The fraction of sp³-hybridized carbons (Fsp3) is 0.0476. The Labute approximate surface area is 136 Å². The molecule has 3 aromatic rings. The van der Waals surface area contributed by atoms with Crippen LogP contribution in [-0.4, -0.2) is 6.54 Å². The Kier molecular flexibility index (Phi) is 3.66. The van der Waals surface area contributed by atoms with E-state index < -0.39 is 0 Å². The molecule has 0 saturated heterocycles. The molecular weight excluding hydrogens is 280 g/mol. The zero-order chi connectivity index (χ0) is 15.5. The third-order valence-electron chi connectivity index (χ3n) is 4.13. The molecule has 0 atom stereocenters. The summed E-state index contributed by atoms with van der Waals surface area (Å²) in [4.78, 5) is 0. The van der Waals surface area contributed by atoms with E-state index >= 15 is 0 Å². The van der Waals surface area contributed by atoms with E-state index in [4.69, 9.17) is 0 Å². The molecule has 1 aliphatic rings. The summed E-state index contributed by atoms with van der Waals surface area (Å²) < 4.78 is 0. The summed E-state index contributed by atoms with van der Waals surface area (Å²) in [6, 6.07) is 27.8. The monoisotopic (exact) mass is 298 g/mol. The van der Waals surface area contributed by atoms with Gasteiger partial charge in [0.1, 0.15) is 0 Å². The number of hydrogen-bond donors (Lipinski definition) is 2. The van der Waals surface area contributed by atoms with Crippen molar-refractivity contribution in [2.45, 2.75) is 0 Å². The molecule has 2 heteroatoms. The molecule has 0 spiro atoms. The molecule has 0 unspecified atom stereocenters. The number of benzene rings is 3. The smallest absolute Gasteiger partial charge is 0.0533 e. The lowest BCUT2D eigenvalue weighted by atomic mass is 9.98. The fourth-order valence-electron chi connectivity index (χ4n) is 2.89. The summed E-state index contributed by atoms with van der Waals surface area (Å²) in [5.41, 5.74) is 13.6. The first kappa shape index (κ1) is 13.8. The van der Waals surface area contributed by atoms with Gasteiger partial charge in [-0.05, 0) is 40.0 Å². The second kappa shape index (κ2) is 6.11. The van der Waals surface area contributed by atoms with Gasteiger partial charge >= 0.3 is 0 Å². The Morgan fingerprint density at radius 3 is 1.87 bits per heavy atom. The van der Waals surface area contributed by atoms with Gasteiger partial charge < -0.3 is 5.43 Å². The summed E-state index contributed by atoms with van der Waals surface area (Å²) in [6.45, 7) is 0.866. The summed E-state index contributed by atoms with van der Waals surface area (Å²) in [5.74, 6) is 0. The first-order valence-corrected chi connectivity index (χ1v) is 7.85. The van der Waals surface area contributed by atoms with Crippen LogP contribution in [0.25, 0.3) is 28.0 Å². The van der Waals surface area contributed by atoms with Crippen LogP contribution in [0.1, 0.15) is 5.56 Å². The number of nitrogens with one attached hydrogen (secondary N) is 2. The molecule has 23 heavy (non-hydrogen) atoms. The molecule has 0 radical (unpaired) electrons. The van der Waals surface area contributed by atoms with Crippen LogP contribution in [0.15, 0.2) is 84.9 Å². The van der Waals surface area contributed by atoms with Crippen LogP contribution in [0, 0.1) is 0 Å². The Balaban J connectivity index is 1.65. The summed E-state index contributed by atoms with van der Waals surface area (Å²) >= 11 is 0. The molecule has 0 aromatic heterocycles. The van der Waals surface area contributed by atoms with Crippen molar-refractivity contribution in [2.75, 3.05) is 6.54 Å². The van der Waals surface area contributed by atoms with Gasteiger partial charge in [-0.15, -0.1) is 0 Å². The van der Waals surface area contributed by atoms with E-state index in [-0.39, 0.29) is 0 Å². The lowest BCUT2D eigenvalue weighted by Crippen LogP contribution is -2.22. The molecule has 0 saturated carbocycles. The van der Waals surface area contributed by atoms with E-state index in [0.717, 1.165) is 12.2 Å². The molecule has 0 bridgehead atoms. The highest BCUT2D eigenvalue weighted by Gasteiger charge is 2.07. The predicted octanol–water partition coefficient (Wildman–Crippen LogP) is 4.47. The van der Waals surface area contributed by atoms with Gasteiger partial charge in [-0.25, -0.2) is 5.43 Å². The summed E-state index contributed by atoms with van der Waals surface area (Å²) in [5, 5.41) is 0. The first-order chi connectivity index (χ1) is 11.4. The van der Waals surface area contributed by atoms with Crippen LogP contribution in [0.2, 0.25) is 0 Å². The number of hydrogen-bond acceptors (Lipinski definition) is 2. The normalized spacial score (nSPS) is 13.5. The maximum absolute atomic E-state index is 3.19. The minimum absolute atomic E-state index is 0.866. The topological polar surface area (TPSA) is 24.1 Å². The standard InChI is InChI=1S/C21H18N2/c1-2-5-16(6-3-1)17-9-11-18(12-10-17)19-7-4-8-20(15-19)21-13-14-22-23-21/h1-13,15,22-23H,14H2. The highest BCUT2D eigenvalue weighted by Crippen LogP contribution is 2.26. The maximum Gasteiger partial charge on any atom is 0.0533 e. The Bertz CT molecular complexity index is 833. The van der Waals surface area contributed by atoms with E-state index in [2.05, 4.69) is 89.7 Å². The molecule has 4 rings (SSSR count). The van der Waals surface area contributed by atoms with E-state index in [1.807, 2.05) is 6.07 Å². The molecule has 112 valence electrons.